The smallest absolute Gasteiger partial charge is 0.257 e. The average molecular weight is 274 g/mol. The predicted molar refractivity (Wildman–Crippen MR) is 63.4 cm³/mol. The standard InChI is InChI=1S/C11H16BrNO2/c1-8(12)4-6-13(3)11(14)10-5-7-15-9(10)2/h5,7-8H,4,6H2,1-3H3. The summed E-state index contributed by atoms with van der Waals surface area (Å²) in [4.78, 5) is 14.0. The SMILES string of the molecule is Cc1occc1C(=O)N(C)CCC(C)Br. The van der Waals surface area contributed by atoms with Crippen molar-refractivity contribution in [2.24, 2.45) is 0 Å². The van der Waals surface area contributed by atoms with Crippen LogP contribution < -0.4 is 0 Å². The summed E-state index contributed by atoms with van der Waals surface area (Å²) in [7, 11) is 1.81. The van der Waals surface area contributed by atoms with E-state index in [1.54, 1.807) is 24.2 Å². The molecular weight excluding hydrogens is 258 g/mol. The molecule has 0 radical (unpaired) electrons. The fourth-order valence-corrected chi connectivity index (χ4v) is 1.49. The highest BCUT2D eigenvalue weighted by Gasteiger charge is 2.15. The summed E-state index contributed by atoms with van der Waals surface area (Å²) in [5, 5.41) is 0. The minimum absolute atomic E-state index is 0.0226. The van der Waals surface area contributed by atoms with Gasteiger partial charge in [-0.25, -0.2) is 0 Å². The first-order valence-corrected chi connectivity index (χ1v) is 5.87. The fraction of sp³-hybridized carbons (Fsp3) is 0.545. The average Bonchev–Trinajstić information content (AvgIpc) is 2.59. The minimum Gasteiger partial charge on any atom is -0.469 e. The molecule has 0 aromatic carbocycles. The maximum atomic E-state index is 11.9. The Balaban J connectivity index is 2.57. The van der Waals surface area contributed by atoms with E-state index in [-0.39, 0.29) is 5.91 Å². The zero-order valence-electron chi connectivity index (χ0n) is 9.29. The van der Waals surface area contributed by atoms with Crippen molar-refractivity contribution in [1.82, 2.24) is 4.90 Å². The van der Waals surface area contributed by atoms with Gasteiger partial charge >= 0.3 is 0 Å². The zero-order chi connectivity index (χ0) is 11.4. The van der Waals surface area contributed by atoms with Crippen LogP contribution in [0.25, 0.3) is 0 Å². The lowest BCUT2D eigenvalue weighted by Crippen LogP contribution is -2.28. The van der Waals surface area contributed by atoms with Crippen molar-refractivity contribution in [3.63, 3.8) is 0 Å². The highest BCUT2D eigenvalue weighted by molar-refractivity contribution is 9.09. The van der Waals surface area contributed by atoms with Crippen molar-refractivity contribution in [3.8, 4) is 0 Å². The monoisotopic (exact) mass is 273 g/mol. The number of amides is 1. The first-order chi connectivity index (χ1) is 7.02. The molecule has 0 fully saturated rings. The molecule has 1 atom stereocenters. The van der Waals surface area contributed by atoms with Crippen molar-refractivity contribution < 1.29 is 9.21 Å². The van der Waals surface area contributed by atoms with Gasteiger partial charge in [-0.2, -0.15) is 0 Å². The summed E-state index contributed by atoms with van der Waals surface area (Å²) in [5.41, 5.74) is 0.653. The molecule has 1 heterocycles. The van der Waals surface area contributed by atoms with Gasteiger partial charge in [0.15, 0.2) is 0 Å². The van der Waals surface area contributed by atoms with Crippen LogP contribution in [0.1, 0.15) is 29.5 Å². The number of aryl methyl sites for hydroxylation is 1. The van der Waals surface area contributed by atoms with Crippen LogP contribution in [0.2, 0.25) is 0 Å². The second-order valence-electron chi connectivity index (χ2n) is 3.69. The number of rotatable bonds is 4. The topological polar surface area (TPSA) is 33.5 Å². The molecule has 0 aliphatic heterocycles. The van der Waals surface area contributed by atoms with E-state index >= 15 is 0 Å². The minimum atomic E-state index is 0.0226. The third kappa shape index (κ3) is 3.38. The molecule has 0 bridgehead atoms. The van der Waals surface area contributed by atoms with Gasteiger partial charge in [0.2, 0.25) is 0 Å². The molecule has 15 heavy (non-hydrogen) atoms. The molecule has 1 rings (SSSR count). The summed E-state index contributed by atoms with van der Waals surface area (Å²) in [5.74, 6) is 0.702. The number of furan rings is 1. The van der Waals surface area contributed by atoms with Gasteiger partial charge in [-0.05, 0) is 19.4 Å². The molecule has 1 aromatic rings. The highest BCUT2D eigenvalue weighted by Crippen LogP contribution is 2.12. The predicted octanol–water partition coefficient (Wildman–Crippen LogP) is 2.83. The van der Waals surface area contributed by atoms with Crippen LogP contribution in [0.15, 0.2) is 16.7 Å². The van der Waals surface area contributed by atoms with Gasteiger partial charge < -0.3 is 9.32 Å². The van der Waals surface area contributed by atoms with E-state index in [0.29, 0.717) is 16.2 Å². The van der Waals surface area contributed by atoms with E-state index in [9.17, 15) is 4.79 Å². The molecule has 1 amide bonds. The Bertz CT molecular complexity index is 333. The lowest BCUT2D eigenvalue weighted by atomic mass is 10.2. The van der Waals surface area contributed by atoms with Crippen LogP contribution in [0.5, 0.6) is 0 Å². The van der Waals surface area contributed by atoms with E-state index in [4.69, 9.17) is 4.42 Å². The number of nitrogens with zero attached hydrogens (tertiary/aromatic N) is 1. The molecule has 0 aliphatic carbocycles. The maximum absolute atomic E-state index is 11.9. The molecule has 84 valence electrons. The van der Waals surface area contributed by atoms with Crippen molar-refractivity contribution in [2.75, 3.05) is 13.6 Å². The highest BCUT2D eigenvalue weighted by atomic mass is 79.9. The lowest BCUT2D eigenvalue weighted by molar-refractivity contribution is 0.0792. The number of hydrogen-bond acceptors (Lipinski definition) is 2. The van der Waals surface area contributed by atoms with E-state index in [0.717, 1.165) is 13.0 Å². The van der Waals surface area contributed by atoms with Gasteiger partial charge in [-0.1, -0.05) is 22.9 Å². The summed E-state index contributed by atoms with van der Waals surface area (Å²) in [6.07, 6.45) is 2.49. The van der Waals surface area contributed by atoms with Crippen LogP contribution >= 0.6 is 15.9 Å². The molecule has 4 heteroatoms. The summed E-state index contributed by atoms with van der Waals surface area (Å²) in [6.45, 7) is 4.62. The Morgan fingerprint density at radius 1 is 1.67 bits per heavy atom. The second kappa shape index (κ2) is 5.35. The molecule has 0 saturated heterocycles. The summed E-state index contributed by atoms with van der Waals surface area (Å²) in [6, 6.07) is 1.71. The van der Waals surface area contributed by atoms with E-state index in [2.05, 4.69) is 22.9 Å². The third-order valence-electron chi connectivity index (χ3n) is 2.30. The van der Waals surface area contributed by atoms with Gasteiger partial charge in [0, 0.05) is 18.4 Å². The van der Waals surface area contributed by atoms with E-state index in [1.807, 2.05) is 7.05 Å². The molecule has 0 saturated carbocycles. The molecule has 0 aliphatic rings. The summed E-state index contributed by atoms with van der Waals surface area (Å²) < 4.78 is 5.10. The Hall–Kier alpha value is -0.770. The maximum Gasteiger partial charge on any atom is 0.257 e. The molecule has 0 N–H and O–H groups in total. The number of carbonyl (C=O) groups is 1. The number of hydrogen-bond donors (Lipinski definition) is 0. The molecule has 1 aromatic heterocycles. The van der Waals surface area contributed by atoms with Crippen LogP contribution in [0.3, 0.4) is 0 Å². The van der Waals surface area contributed by atoms with E-state index in [1.165, 1.54) is 0 Å². The number of halogens is 1. The van der Waals surface area contributed by atoms with Crippen LogP contribution in [0, 0.1) is 6.92 Å². The number of carbonyl (C=O) groups excluding carboxylic acids is 1. The molecule has 1 unspecified atom stereocenters. The van der Waals surface area contributed by atoms with Crippen LogP contribution in [0.4, 0.5) is 0 Å². The van der Waals surface area contributed by atoms with Crippen molar-refractivity contribution in [2.45, 2.75) is 25.1 Å². The first-order valence-electron chi connectivity index (χ1n) is 4.96. The van der Waals surface area contributed by atoms with Crippen molar-refractivity contribution in [1.29, 1.82) is 0 Å². The van der Waals surface area contributed by atoms with Crippen LogP contribution in [-0.2, 0) is 0 Å². The molecule has 0 spiro atoms. The Labute approximate surface area is 98.6 Å². The Morgan fingerprint density at radius 3 is 2.80 bits per heavy atom. The largest absolute Gasteiger partial charge is 0.469 e. The lowest BCUT2D eigenvalue weighted by Gasteiger charge is -2.17. The van der Waals surface area contributed by atoms with Gasteiger partial charge in [0.1, 0.15) is 5.76 Å². The normalized spacial score (nSPS) is 12.5. The van der Waals surface area contributed by atoms with Crippen LogP contribution in [-0.4, -0.2) is 29.2 Å². The molecular formula is C11H16BrNO2. The first kappa shape index (κ1) is 12.3. The second-order valence-corrected chi connectivity index (χ2v) is 5.25. The van der Waals surface area contributed by atoms with E-state index < -0.39 is 0 Å². The zero-order valence-corrected chi connectivity index (χ0v) is 10.9. The summed E-state index contributed by atoms with van der Waals surface area (Å²) >= 11 is 3.46. The quantitative estimate of drug-likeness (QED) is 0.791. The Kier molecular flexibility index (Phi) is 4.39. The van der Waals surface area contributed by atoms with Gasteiger partial charge in [-0.3, -0.25) is 4.79 Å². The van der Waals surface area contributed by atoms with Crippen molar-refractivity contribution in [3.05, 3.63) is 23.7 Å². The Morgan fingerprint density at radius 2 is 2.33 bits per heavy atom. The third-order valence-corrected chi connectivity index (χ3v) is 2.76. The number of alkyl halides is 1. The van der Waals surface area contributed by atoms with Gasteiger partial charge in [0.25, 0.3) is 5.91 Å². The molecule has 3 nitrogen and oxygen atoms in total. The van der Waals surface area contributed by atoms with Crippen molar-refractivity contribution >= 4 is 21.8 Å². The van der Waals surface area contributed by atoms with Gasteiger partial charge in [-0.15, -0.1) is 0 Å². The fourth-order valence-electron chi connectivity index (χ4n) is 1.29. The van der Waals surface area contributed by atoms with Gasteiger partial charge in [0.05, 0.1) is 11.8 Å².